The molecule has 27 heavy (non-hydrogen) atoms. The fourth-order valence-electron chi connectivity index (χ4n) is 4.03. The first-order chi connectivity index (χ1) is 13.2. The Bertz CT molecular complexity index is 568. The number of rotatable bonds is 5. The summed E-state index contributed by atoms with van der Waals surface area (Å²) in [5.41, 5.74) is 2.93. The molecule has 7 heteroatoms. The fraction of sp³-hybridized carbons (Fsp3) is 0.700. The first-order valence-corrected chi connectivity index (χ1v) is 14.8. The van der Waals surface area contributed by atoms with Gasteiger partial charge in [0.1, 0.15) is 0 Å². The van der Waals surface area contributed by atoms with Gasteiger partial charge in [0, 0.05) is 0 Å². The van der Waals surface area contributed by atoms with Crippen LogP contribution in [0.2, 0.25) is 0 Å². The molecular formula is C20H33BiN4O2. The second-order valence-corrected chi connectivity index (χ2v) is 13.8. The number of piperazine rings is 2. The van der Waals surface area contributed by atoms with Gasteiger partial charge in [0.15, 0.2) is 0 Å². The third-order valence-corrected chi connectivity index (χ3v) is 12.8. The SMILES string of the molecule is CN1CCN(Cc2cccc(CN3CCN(C)CC3)[c]2[Bi]2[O]CC[O]2)CC1. The summed E-state index contributed by atoms with van der Waals surface area (Å²) in [5.74, 6) is 0. The van der Waals surface area contributed by atoms with E-state index in [4.69, 9.17) is 5.63 Å². The number of nitrogens with zero attached hydrogens (tertiary/aromatic N) is 4. The van der Waals surface area contributed by atoms with Crippen molar-refractivity contribution in [3.63, 3.8) is 0 Å². The maximum atomic E-state index is 6.16. The van der Waals surface area contributed by atoms with E-state index in [1.807, 2.05) is 0 Å². The second-order valence-electron chi connectivity index (χ2n) is 8.01. The van der Waals surface area contributed by atoms with Gasteiger partial charge in [-0.3, -0.25) is 0 Å². The second kappa shape index (κ2) is 9.57. The van der Waals surface area contributed by atoms with Gasteiger partial charge >= 0.3 is 173 Å². The third-order valence-electron chi connectivity index (χ3n) is 5.87. The quantitative estimate of drug-likeness (QED) is 0.461. The minimum absolute atomic E-state index is 0.786. The zero-order valence-corrected chi connectivity index (χ0v) is 20.2. The summed E-state index contributed by atoms with van der Waals surface area (Å²) in [5, 5.41) is 0. The Balaban J connectivity index is 1.53. The van der Waals surface area contributed by atoms with Gasteiger partial charge in [-0.2, -0.15) is 0 Å². The van der Waals surface area contributed by atoms with Gasteiger partial charge < -0.3 is 0 Å². The van der Waals surface area contributed by atoms with Crippen LogP contribution in [-0.2, 0) is 18.7 Å². The van der Waals surface area contributed by atoms with Crippen molar-refractivity contribution < 1.29 is 5.63 Å². The Kier molecular flexibility index (Phi) is 7.15. The molecule has 0 amide bonds. The number of hydrogen-bond acceptors (Lipinski definition) is 6. The van der Waals surface area contributed by atoms with Gasteiger partial charge in [-0.05, 0) is 0 Å². The first kappa shape index (κ1) is 20.1. The van der Waals surface area contributed by atoms with E-state index in [1.165, 1.54) is 14.4 Å². The molecule has 3 aliphatic rings. The normalized spacial score (nSPS) is 24.7. The minimum atomic E-state index is -2.49. The molecule has 1 aromatic carbocycles. The van der Waals surface area contributed by atoms with Crippen LogP contribution in [0.5, 0.6) is 0 Å². The molecule has 4 rings (SSSR count). The zero-order chi connectivity index (χ0) is 18.6. The topological polar surface area (TPSA) is 31.4 Å². The molecule has 1 aromatic rings. The van der Waals surface area contributed by atoms with Crippen LogP contribution in [0.4, 0.5) is 0 Å². The molecule has 0 spiro atoms. The Morgan fingerprint density at radius 1 is 0.741 bits per heavy atom. The summed E-state index contributed by atoms with van der Waals surface area (Å²) in [7, 11) is 4.44. The van der Waals surface area contributed by atoms with Crippen molar-refractivity contribution in [3.8, 4) is 0 Å². The van der Waals surface area contributed by atoms with E-state index in [9.17, 15) is 0 Å². The summed E-state index contributed by atoms with van der Waals surface area (Å²) in [6, 6.07) is 6.89. The van der Waals surface area contributed by atoms with Crippen molar-refractivity contribution in [1.82, 2.24) is 19.6 Å². The van der Waals surface area contributed by atoms with Crippen molar-refractivity contribution >= 4 is 25.9 Å². The Labute approximate surface area is 172 Å². The van der Waals surface area contributed by atoms with E-state index in [1.54, 1.807) is 0 Å². The van der Waals surface area contributed by atoms with Crippen molar-refractivity contribution in [2.45, 2.75) is 13.1 Å². The van der Waals surface area contributed by atoms with Gasteiger partial charge in [0.05, 0.1) is 0 Å². The molecule has 0 saturated carbocycles. The zero-order valence-electron chi connectivity index (χ0n) is 16.8. The molecule has 3 fully saturated rings. The molecule has 0 atom stereocenters. The summed E-state index contributed by atoms with van der Waals surface area (Å²) in [6.45, 7) is 12.9. The van der Waals surface area contributed by atoms with Crippen LogP contribution in [0, 0.1) is 0 Å². The van der Waals surface area contributed by atoms with Gasteiger partial charge in [-0.25, -0.2) is 0 Å². The van der Waals surface area contributed by atoms with Gasteiger partial charge in [-0.1, -0.05) is 0 Å². The molecule has 0 bridgehead atoms. The molecule has 150 valence electrons. The monoisotopic (exact) mass is 570 g/mol. The molecule has 0 aliphatic carbocycles. The molecule has 0 radical (unpaired) electrons. The molecule has 6 nitrogen and oxygen atoms in total. The van der Waals surface area contributed by atoms with Crippen LogP contribution in [0.25, 0.3) is 0 Å². The molecule has 0 unspecified atom stereocenters. The number of benzene rings is 1. The van der Waals surface area contributed by atoms with E-state index in [0.29, 0.717) is 0 Å². The van der Waals surface area contributed by atoms with Crippen molar-refractivity contribution in [3.05, 3.63) is 29.3 Å². The van der Waals surface area contributed by atoms with Crippen molar-refractivity contribution in [2.24, 2.45) is 0 Å². The molecule has 0 aromatic heterocycles. The summed E-state index contributed by atoms with van der Waals surface area (Å²) in [6.07, 6.45) is 0. The van der Waals surface area contributed by atoms with Crippen LogP contribution >= 0.6 is 0 Å². The predicted octanol–water partition coefficient (Wildman–Crippen LogP) is -0.0766. The summed E-state index contributed by atoms with van der Waals surface area (Å²) in [4.78, 5) is 10.0. The first-order valence-electron chi connectivity index (χ1n) is 10.2. The maximum absolute atomic E-state index is 6.16. The number of likely N-dealkylation sites (N-methyl/N-ethyl adjacent to an activating group) is 2. The van der Waals surface area contributed by atoms with Gasteiger partial charge in [-0.15, -0.1) is 0 Å². The van der Waals surface area contributed by atoms with Crippen LogP contribution < -0.4 is 3.27 Å². The van der Waals surface area contributed by atoms with Gasteiger partial charge in [0.2, 0.25) is 0 Å². The third kappa shape index (κ3) is 5.27. The van der Waals surface area contributed by atoms with Crippen LogP contribution in [0.15, 0.2) is 18.2 Å². The summed E-state index contributed by atoms with van der Waals surface area (Å²) < 4.78 is 13.8. The van der Waals surface area contributed by atoms with Gasteiger partial charge in [0.25, 0.3) is 0 Å². The predicted molar refractivity (Wildman–Crippen MR) is 109 cm³/mol. The van der Waals surface area contributed by atoms with E-state index in [-0.39, 0.29) is 0 Å². The standard InChI is InChI=1S/C18H29N4.C2H4O2.Bi/c1-19-6-10-21(11-7-19)15-17-4-3-5-18(14-17)16-22-12-8-20(2)9-13-22;3-1-2-4;/h3-5H,6-13,15-16H2,1-2H3;1-2H2;/q;-2;+2. The van der Waals surface area contributed by atoms with Crippen molar-refractivity contribution in [1.29, 1.82) is 0 Å². The number of hydrogen-bond donors (Lipinski definition) is 0. The average Bonchev–Trinajstić information content (AvgIpc) is 3.20. The Morgan fingerprint density at radius 2 is 1.19 bits per heavy atom. The van der Waals surface area contributed by atoms with E-state index in [2.05, 4.69) is 51.9 Å². The van der Waals surface area contributed by atoms with E-state index in [0.717, 1.165) is 78.7 Å². The Morgan fingerprint density at radius 3 is 1.63 bits per heavy atom. The molecular weight excluding hydrogens is 537 g/mol. The molecule has 3 saturated heterocycles. The molecule has 3 aliphatic heterocycles. The molecule has 3 heterocycles. The molecule has 0 N–H and O–H groups in total. The van der Waals surface area contributed by atoms with Crippen LogP contribution in [-0.4, -0.2) is 122 Å². The average molecular weight is 570 g/mol. The van der Waals surface area contributed by atoms with Crippen LogP contribution in [0.3, 0.4) is 0 Å². The van der Waals surface area contributed by atoms with E-state index >= 15 is 0 Å². The van der Waals surface area contributed by atoms with Crippen molar-refractivity contribution in [2.75, 3.05) is 79.7 Å². The van der Waals surface area contributed by atoms with E-state index < -0.39 is 22.6 Å². The Hall–Kier alpha value is -0.137. The fourth-order valence-corrected chi connectivity index (χ4v) is 10.1. The van der Waals surface area contributed by atoms with Crippen LogP contribution in [0.1, 0.15) is 11.1 Å². The summed E-state index contributed by atoms with van der Waals surface area (Å²) >= 11 is -2.49.